The molecule has 25 heavy (non-hydrogen) atoms. The maximum absolute atomic E-state index is 6.44. The van der Waals surface area contributed by atoms with Crippen molar-refractivity contribution in [2.45, 2.75) is 94.8 Å². The van der Waals surface area contributed by atoms with Crippen LogP contribution in [0.25, 0.3) is 0 Å². The van der Waals surface area contributed by atoms with Crippen LogP contribution in [-0.2, 0) is 18.3 Å². The quantitative estimate of drug-likeness (QED) is 0.523. The van der Waals surface area contributed by atoms with Gasteiger partial charge in [0.15, 0.2) is 16.6 Å². The highest BCUT2D eigenvalue weighted by molar-refractivity contribution is 8.00. The van der Waals surface area contributed by atoms with Crippen molar-refractivity contribution < 1.29 is 18.3 Å². The molecule has 1 aliphatic heterocycles. The van der Waals surface area contributed by atoms with Crippen molar-refractivity contribution in [2.24, 2.45) is 0 Å². The Morgan fingerprint density at radius 1 is 0.840 bits per heavy atom. The van der Waals surface area contributed by atoms with E-state index in [1.54, 1.807) is 18.9 Å². The Bertz CT molecular complexity index is 392. The third-order valence-electron chi connectivity index (χ3n) is 6.01. The molecule has 0 aromatic heterocycles. The van der Waals surface area contributed by atoms with Gasteiger partial charge in [-0.25, -0.2) is 0 Å². The van der Waals surface area contributed by atoms with Crippen molar-refractivity contribution in [1.82, 2.24) is 0 Å². The standard InChI is InChI=1S/C18H40O4SSi2/c1-17(2,3)24(8,9)20-12-14-15(23-16(19-7)22-14)13-21-25(10,11)18(4,5)6/h14-16H,12-13H2,1-11H3/t14-,15-,16+/m1/s1. The molecule has 0 unspecified atom stereocenters. The summed E-state index contributed by atoms with van der Waals surface area (Å²) >= 11 is 1.72. The summed E-state index contributed by atoms with van der Waals surface area (Å²) in [5, 5.41) is 0.668. The van der Waals surface area contributed by atoms with Crippen molar-refractivity contribution >= 4 is 28.4 Å². The van der Waals surface area contributed by atoms with Crippen molar-refractivity contribution in [3.8, 4) is 0 Å². The fraction of sp³-hybridized carbons (Fsp3) is 1.00. The van der Waals surface area contributed by atoms with Gasteiger partial charge in [-0.05, 0) is 36.3 Å². The topological polar surface area (TPSA) is 36.9 Å². The van der Waals surface area contributed by atoms with E-state index >= 15 is 0 Å². The van der Waals surface area contributed by atoms with Crippen LogP contribution in [0.1, 0.15) is 41.5 Å². The second-order valence-electron chi connectivity index (χ2n) is 10.0. The van der Waals surface area contributed by atoms with Crippen LogP contribution < -0.4 is 0 Å². The molecule has 0 aromatic rings. The minimum atomic E-state index is -1.79. The first-order chi connectivity index (χ1) is 11.1. The van der Waals surface area contributed by atoms with Gasteiger partial charge in [0.25, 0.3) is 0 Å². The molecule has 0 bridgehead atoms. The number of hydrogen-bond acceptors (Lipinski definition) is 5. The summed E-state index contributed by atoms with van der Waals surface area (Å²) in [6.45, 7) is 24.1. The molecule has 0 N–H and O–H groups in total. The number of hydrogen-bond donors (Lipinski definition) is 0. The lowest BCUT2D eigenvalue weighted by molar-refractivity contribution is -0.0960. The number of methoxy groups -OCH3 is 1. The third-order valence-corrected chi connectivity index (χ3v) is 16.3. The van der Waals surface area contributed by atoms with E-state index in [4.69, 9.17) is 18.3 Å². The summed E-state index contributed by atoms with van der Waals surface area (Å²) in [6.07, 6.45) is 0.0221. The van der Waals surface area contributed by atoms with Gasteiger partial charge in [-0.2, -0.15) is 0 Å². The molecule has 1 saturated heterocycles. The van der Waals surface area contributed by atoms with E-state index in [-0.39, 0.29) is 27.1 Å². The molecule has 7 heteroatoms. The van der Waals surface area contributed by atoms with Crippen LogP contribution in [0.2, 0.25) is 36.3 Å². The summed E-state index contributed by atoms with van der Waals surface area (Å²) in [5.41, 5.74) is -0.221. The maximum Gasteiger partial charge on any atom is 0.207 e. The van der Waals surface area contributed by atoms with Crippen LogP contribution in [0.5, 0.6) is 0 Å². The van der Waals surface area contributed by atoms with Gasteiger partial charge in [0, 0.05) is 13.7 Å². The van der Waals surface area contributed by atoms with Gasteiger partial charge in [-0.1, -0.05) is 53.3 Å². The van der Waals surface area contributed by atoms with Gasteiger partial charge in [-0.3, -0.25) is 0 Å². The number of ether oxygens (including phenoxy) is 2. The molecule has 1 heterocycles. The second-order valence-corrected chi connectivity index (χ2v) is 20.9. The molecule has 1 aliphatic rings. The Morgan fingerprint density at radius 2 is 1.28 bits per heavy atom. The lowest BCUT2D eigenvalue weighted by Crippen LogP contribution is -2.46. The van der Waals surface area contributed by atoms with Crippen molar-refractivity contribution in [3.63, 3.8) is 0 Å². The van der Waals surface area contributed by atoms with Gasteiger partial charge < -0.3 is 18.3 Å². The molecule has 0 aliphatic carbocycles. The number of thioether (sulfide) groups is 1. The fourth-order valence-corrected chi connectivity index (χ4v) is 5.14. The van der Waals surface area contributed by atoms with Crippen molar-refractivity contribution in [2.75, 3.05) is 20.3 Å². The monoisotopic (exact) mass is 408 g/mol. The molecular weight excluding hydrogens is 368 g/mol. The Labute approximate surface area is 162 Å². The first-order valence-electron chi connectivity index (χ1n) is 9.22. The largest absolute Gasteiger partial charge is 0.416 e. The molecule has 1 rings (SSSR count). The molecule has 0 aromatic carbocycles. The SMILES string of the molecule is CO[C@H]1O[C@H](CO[Si](C)(C)C(C)(C)C)[C@@H](CO[Si](C)(C)C(C)(C)C)S1. The zero-order valence-corrected chi connectivity index (χ0v) is 21.0. The highest BCUT2D eigenvalue weighted by Crippen LogP contribution is 2.41. The van der Waals surface area contributed by atoms with E-state index in [1.807, 2.05) is 0 Å². The lowest BCUT2D eigenvalue weighted by atomic mass is 10.2. The highest BCUT2D eigenvalue weighted by atomic mass is 32.2. The van der Waals surface area contributed by atoms with E-state index in [0.29, 0.717) is 13.2 Å². The Hall–Kier alpha value is 0.624. The zero-order valence-electron chi connectivity index (χ0n) is 18.2. The highest BCUT2D eigenvalue weighted by Gasteiger charge is 2.43. The van der Waals surface area contributed by atoms with Gasteiger partial charge in [-0.15, -0.1) is 0 Å². The summed E-state index contributed by atoms with van der Waals surface area (Å²) in [7, 11) is -1.86. The fourth-order valence-electron chi connectivity index (χ4n) is 1.91. The zero-order chi connectivity index (χ0) is 19.7. The molecule has 0 saturated carbocycles. The Kier molecular flexibility index (Phi) is 7.88. The van der Waals surface area contributed by atoms with Gasteiger partial charge in [0.1, 0.15) is 0 Å². The maximum atomic E-state index is 6.44. The van der Waals surface area contributed by atoms with Crippen molar-refractivity contribution in [3.05, 3.63) is 0 Å². The summed E-state index contributed by atoms with van der Waals surface area (Å²) in [5.74, 6) is 0. The Morgan fingerprint density at radius 3 is 1.68 bits per heavy atom. The average Bonchev–Trinajstić information content (AvgIpc) is 2.83. The van der Waals surface area contributed by atoms with Crippen LogP contribution in [0.4, 0.5) is 0 Å². The molecular formula is C18H40O4SSi2. The summed E-state index contributed by atoms with van der Waals surface area (Å²) < 4.78 is 24.3. The number of rotatable bonds is 7. The van der Waals surface area contributed by atoms with Crippen LogP contribution in [0.15, 0.2) is 0 Å². The summed E-state index contributed by atoms with van der Waals surface area (Å²) in [4.78, 5) is 0. The van der Waals surface area contributed by atoms with Gasteiger partial charge in [0.05, 0.1) is 18.0 Å². The van der Waals surface area contributed by atoms with E-state index < -0.39 is 16.6 Å². The minimum Gasteiger partial charge on any atom is -0.416 e. The smallest absolute Gasteiger partial charge is 0.207 e. The predicted octanol–water partition coefficient (Wildman–Crippen LogP) is 5.46. The molecule has 0 spiro atoms. The predicted molar refractivity (Wildman–Crippen MR) is 113 cm³/mol. The minimum absolute atomic E-state index is 0.0221. The van der Waals surface area contributed by atoms with E-state index in [9.17, 15) is 0 Å². The molecule has 0 amide bonds. The van der Waals surface area contributed by atoms with E-state index in [1.165, 1.54) is 0 Å². The second kappa shape index (κ2) is 8.33. The van der Waals surface area contributed by atoms with Gasteiger partial charge >= 0.3 is 0 Å². The van der Waals surface area contributed by atoms with E-state index in [2.05, 4.69) is 67.7 Å². The molecule has 3 atom stereocenters. The lowest BCUT2D eigenvalue weighted by Gasteiger charge is -2.38. The first kappa shape index (κ1) is 23.7. The Balaban J connectivity index is 2.70. The molecule has 1 fully saturated rings. The van der Waals surface area contributed by atoms with Crippen LogP contribution in [0, 0.1) is 0 Å². The van der Waals surface area contributed by atoms with Crippen LogP contribution in [0.3, 0.4) is 0 Å². The third kappa shape index (κ3) is 6.33. The first-order valence-corrected chi connectivity index (χ1v) is 16.0. The van der Waals surface area contributed by atoms with E-state index in [0.717, 1.165) is 0 Å². The molecule has 0 radical (unpaired) electrons. The van der Waals surface area contributed by atoms with Gasteiger partial charge in [0.2, 0.25) is 5.62 Å². The van der Waals surface area contributed by atoms with Crippen molar-refractivity contribution in [1.29, 1.82) is 0 Å². The summed E-state index contributed by atoms with van der Waals surface area (Å²) in [6, 6.07) is 0. The molecule has 4 nitrogen and oxygen atoms in total. The average molecular weight is 409 g/mol. The normalized spacial score (nSPS) is 26.3. The molecule has 150 valence electrons. The van der Waals surface area contributed by atoms with Crippen LogP contribution in [-0.4, -0.2) is 53.9 Å². The van der Waals surface area contributed by atoms with Crippen LogP contribution >= 0.6 is 11.8 Å².